The molecule has 0 saturated heterocycles. The van der Waals surface area contributed by atoms with E-state index in [9.17, 15) is 0 Å². The minimum atomic E-state index is 0.695. The second kappa shape index (κ2) is 6.75. The highest BCUT2D eigenvalue weighted by atomic mass is 35.5. The molecule has 0 spiro atoms. The van der Waals surface area contributed by atoms with Crippen molar-refractivity contribution < 1.29 is 0 Å². The topological polar surface area (TPSA) is 64.5 Å². The summed E-state index contributed by atoms with van der Waals surface area (Å²) >= 11 is 6.00. The largest absolute Gasteiger partial charge is 0.261 e. The third-order valence-electron chi connectivity index (χ3n) is 3.65. The Kier molecular flexibility index (Phi) is 4.14. The molecule has 0 aliphatic carbocycles. The molecule has 4 rings (SSSR count). The second-order valence-corrected chi connectivity index (χ2v) is 5.75. The van der Waals surface area contributed by atoms with Gasteiger partial charge in [0.2, 0.25) is 0 Å². The third-order valence-corrected chi connectivity index (χ3v) is 3.91. The fourth-order valence-corrected chi connectivity index (χ4v) is 2.59. The van der Waals surface area contributed by atoms with E-state index in [1.54, 1.807) is 37.2 Å². The van der Waals surface area contributed by atoms with Gasteiger partial charge in [-0.3, -0.25) is 19.9 Å². The average molecular weight is 346 g/mol. The maximum Gasteiger partial charge on any atom is 0.107 e. The number of hydrogen-bond acceptors (Lipinski definition) is 5. The molecule has 25 heavy (non-hydrogen) atoms. The molecule has 0 fully saturated rings. The van der Waals surface area contributed by atoms with Gasteiger partial charge < -0.3 is 0 Å². The molecule has 4 aromatic rings. The summed E-state index contributed by atoms with van der Waals surface area (Å²) in [5, 5.41) is 0.695. The lowest BCUT2D eigenvalue weighted by atomic mass is 10.0. The van der Waals surface area contributed by atoms with Gasteiger partial charge in [-0.1, -0.05) is 23.7 Å². The van der Waals surface area contributed by atoms with Crippen molar-refractivity contribution in [2.24, 2.45) is 0 Å². The Bertz CT molecular complexity index is 931. The van der Waals surface area contributed by atoms with E-state index in [1.807, 2.05) is 36.4 Å². The minimum Gasteiger partial charge on any atom is -0.261 e. The van der Waals surface area contributed by atoms with Gasteiger partial charge in [0.05, 0.1) is 23.8 Å². The smallest absolute Gasteiger partial charge is 0.107 e. The summed E-state index contributed by atoms with van der Waals surface area (Å²) in [5.41, 5.74) is 4.87. The number of nitrogens with zero attached hydrogens (tertiary/aromatic N) is 5. The van der Waals surface area contributed by atoms with Crippen LogP contribution in [0.4, 0.5) is 0 Å². The third kappa shape index (κ3) is 3.36. The molecule has 0 aliphatic heterocycles. The van der Waals surface area contributed by atoms with Crippen LogP contribution in [0.15, 0.2) is 73.6 Å². The highest BCUT2D eigenvalue weighted by Crippen LogP contribution is 2.29. The fourth-order valence-electron chi connectivity index (χ4n) is 2.46. The van der Waals surface area contributed by atoms with Gasteiger partial charge in [0.15, 0.2) is 0 Å². The average Bonchev–Trinajstić information content (AvgIpc) is 2.69. The van der Waals surface area contributed by atoms with E-state index in [1.165, 1.54) is 0 Å². The van der Waals surface area contributed by atoms with Gasteiger partial charge in [0, 0.05) is 29.8 Å². The molecule has 5 nitrogen and oxygen atoms in total. The van der Waals surface area contributed by atoms with E-state index in [2.05, 4.69) is 24.9 Å². The number of hydrogen-bond donors (Lipinski definition) is 0. The highest BCUT2D eigenvalue weighted by Gasteiger charge is 2.10. The monoisotopic (exact) mass is 345 g/mol. The van der Waals surface area contributed by atoms with Gasteiger partial charge in [-0.15, -0.1) is 0 Å². The van der Waals surface area contributed by atoms with E-state index in [4.69, 9.17) is 11.6 Å². The molecule has 0 amide bonds. The highest BCUT2D eigenvalue weighted by molar-refractivity contribution is 6.30. The maximum atomic E-state index is 6.00. The van der Waals surface area contributed by atoms with Crippen LogP contribution in [-0.4, -0.2) is 24.9 Å². The molecule has 1 aromatic carbocycles. The molecule has 3 aromatic heterocycles. The maximum absolute atomic E-state index is 6.00. The van der Waals surface area contributed by atoms with E-state index in [0.29, 0.717) is 16.4 Å². The first-order valence-corrected chi connectivity index (χ1v) is 7.98. The van der Waals surface area contributed by atoms with Gasteiger partial charge in [-0.2, -0.15) is 0 Å². The molecule has 0 radical (unpaired) electrons. The van der Waals surface area contributed by atoms with E-state index in [-0.39, 0.29) is 0 Å². The van der Waals surface area contributed by atoms with Crippen LogP contribution < -0.4 is 0 Å². The quantitative estimate of drug-likeness (QED) is 0.553. The van der Waals surface area contributed by atoms with Crippen molar-refractivity contribution in [2.45, 2.75) is 0 Å². The summed E-state index contributed by atoms with van der Waals surface area (Å²) in [7, 11) is 0. The summed E-state index contributed by atoms with van der Waals surface area (Å²) in [6, 6.07) is 11.6. The lowest BCUT2D eigenvalue weighted by molar-refractivity contribution is 1.15. The van der Waals surface area contributed by atoms with Crippen LogP contribution in [0, 0.1) is 0 Å². The van der Waals surface area contributed by atoms with Crippen LogP contribution in [0.2, 0.25) is 5.02 Å². The van der Waals surface area contributed by atoms with E-state index in [0.717, 1.165) is 22.5 Å². The summed E-state index contributed by atoms with van der Waals surface area (Å²) in [6.45, 7) is 0. The first kappa shape index (κ1) is 15.4. The Balaban J connectivity index is 1.90. The normalized spacial score (nSPS) is 10.6. The van der Waals surface area contributed by atoms with Crippen LogP contribution in [-0.2, 0) is 0 Å². The molecule has 0 bridgehead atoms. The van der Waals surface area contributed by atoms with Crippen molar-refractivity contribution in [2.75, 3.05) is 0 Å². The zero-order valence-electron chi connectivity index (χ0n) is 13.0. The lowest BCUT2D eigenvalue weighted by Crippen LogP contribution is -1.94. The SMILES string of the molecule is Clc1ccc(-c2cc(-c3cnccn3)nc(-c3cnccn3)c2)cc1. The molecule has 3 heterocycles. The molecule has 6 heteroatoms. The van der Waals surface area contributed by atoms with Crippen LogP contribution in [0.3, 0.4) is 0 Å². The first-order chi connectivity index (χ1) is 12.3. The van der Waals surface area contributed by atoms with Gasteiger partial charge in [0.1, 0.15) is 11.4 Å². The standard InChI is InChI=1S/C19H12ClN5/c20-15-3-1-13(2-4-15)14-9-16(18-11-21-5-7-23-18)25-17(10-14)19-12-22-6-8-24-19/h1-12H. The van der Waals surface area contributed by atoms with Gasteiger partial charge in [-0.05, 0) is 35.4 Å². The van der Waals surface area contributed by atoms with Crippen LogP contribution in [0.25, 0.3) is 33.9 Å². The Morgan fingerprint density at radius 1 is 0.600 bits per heavy atom. The van der Waals surface area contributed by atoms with E-state index < -0.39 is 0 Å². The summed E-state index contributed by atoms with van der Waals surface area (Å²) < 4.78 is 0. The molecular weight excluding hydrogens is 334 g/mol. The second-order valence-electron chi connectivity index (χ2n) is 5.31. The van der Waals surface area contributed by atoms with Crippen LogP contribution in [0.5, 0.6) is 0 Å². The van der Waals surface area contributed by atoms with Crippen molar-refractivity contribution in [1.82, 2.24) is 24.9 Å². The van der Waals surface area contributed by atoms with Gasteiger partial charge in [-0.25, -0.2) is 4.98 Å². The molecular formula is C19H12ClN5. The molecule has 0 atom stereocenters. The first-order valence-electron chi connectivity index (χ1n) is 7.60. The van der Waals surface area contributed by atoms with Crippen molar-refractivity contribution in [3.63, 3.8) is 0 Å². The van der Waals surface area contributed by atoms with Gasteiger partial charge >= 0.3 is 0 Å². The van der Waals surface area contributed by atoms with Crippen LogP contribution >= 0.6 is 11.6 Å². The van der Waals surface area contributed by atoms with Gasteiger partial charge in [0.25, 0.3) is 0 Å². The minimum absolute atomic E-state index is 0.695. The fraction of sp³-hybridized carbons (Fsp3) is 0. The summed E-state index contributed by atoms with van der Waals surface area (Å²) in [6.07, 6.45) is 9.94. The molecule has 0 N–H and O–H groups in total. The number of rotatable bonds is 3. The Hall–Kier alpha value is -3.18. The predicted molar refractivity (Wildman–Crippen MR) is 96.7 cm³/mol. The number of aromatic nitrogens is 5. The van der Waals surface area contributed by atoms with Crippen molar-refractivity contribution in [3.05, 3.63) is 78.6 Å². The van der Waals surface area contributed by atoms with Crippen molar-refractivity contribution >= 4 is 11.6 Å². The summed E-state index contributed by atoms with van der Waals surface area (Å²) in [4.78, 5) is 21.6. The molecule has 0 aliphatic rings. The summed E-state index contributed by atoms with van der Waals surface area (Å²) in [5.74, 6) is 0. The number of benzene rings is 1. The van der Waals surface area contributed by atoms with Crippen LogP contribution in [0.1, 0.15) is 0 Å². The Labute approximate surface area is 149 Å². The van der Waals surface area contributed by atoms with Crippen molar-refractivity contribution in [3.8, 4) is 33.9 Å². The number of halogens is 1. The molecule has 0 saturated carbocycles. The number of pyridine rings is 1. The zero-order valence-corrected chi connectivity index (χ0v) is 13.8. The molecule has 0 unspecified atom stereocenters. The predicted octanol–water partition coefficient (Wildman–Crippen LogP) is 4.32. The Morgan fingerprint density at radius 2 is 1.16 bits per heavy atom. The van der Waals surface area contributed by atoms with Crippen molar-refractivity contribution in [1.29, 1.82) is 0 Å². The van der Waals surface area contributed by atoms with E-state index >= 15 is 0 Å². The zero-order chi connectivity index (χ0) is 17.1. The lowest BCUT2D eigenvalue weighted by Gasteiger charge is -2.09. The Morgan fingerprint density at radius 3 is 1.64 bits per heavy atom. The molecule has 120 valence electrons.